The van der Waals surface area contributed by atoms with Gasteiger partial charge in [0.05, 0.1) is 17.5 Å². The summed E-state index contributed by atoms with van der Waals surface area (Å²) in [4.78, 5) is 19.7. The molecule has 0 unspecified atom stereocenters. The molecule has 6 heteroatoms. The van der Waals surface area contributed by atoms with Crippen LogP contribution in [-0.4, -0.2) is 20.4 Å². The molecule has 0 radical (unpaired) electrons. The van der Waals surface area contributed by atoms with Crippen LogP contribution < -0.4 is 5.32 Å². The Hall–Kier alpha value is -3.31. The molecule has 2 heterocycles. The molecule has 0 atom stereocenters. The third kappa shape index (κ3) is 3.37. The monoisotopic (exact) mass is 376 g/mol. The molecule has 0 saturated heterocycles. The summed E-state index contributed by atoms with van der Waals surface area (Å²) in [6.07, 6.45) is 4.94. The first kappa shape index (κ1) is 17.1. The fourth-order valence-electron chi connectivity index (χ4n) is 3.05. The molecule has 2 aromatic heterocycles. The number of aromatic amines is 1. The van der Waals surface area contributed by atoms with Gasteiger partial charge in [-0.2, -0.15) is 0 Å². The van der Waals surface area contributed by atoms with Gasteiger partial charge in [0.15, 0.2) is 0 Å². The van der Waals surface area contributed by atoms with Gasteiger partial charge in [-0.3, -0.25) is 4.79 Å². The first-order chi connectivity index (χ1) is 13.0. The zero-order chi connectivity index (χ0) is 19.0. The van der Waals surface area contributed by atoms with Gasteiger partial charge in [0.1, 0.15) is 0 Å². The normalized spacial score (nSPS) is 10.9. The number of aryl methyl sites for hydroxylation is 1. The highest BCUT2D eigenvalue weighted by Crippen LogP contribution is 2.34. The quantitative estimate of drug-likeness (QED) is 0.491. The van der Waals surface area contributed by atoms with E-state index in [1.165, 1.54) is 6.08 Å². The first-order valence-corrected chi connectivity index (χ1v) is 8.76. The smallest absolute Gasteiger partial charge is 0.247 e. The number of benzene rings is 2. The Labute approximate surface area is 161 Å². The number of rotatable bonds is 4. The number of carbonyl (C=O) groups is 1. The zero-order valence-electron chi connectivity index (χ0n) is 14.7. The van der Waals surface area contributed by atoms with Crippen molar-refractivity contribution in [2.45, 2.75) is 0 Å². The Morgan fingerprint density at radius 2 is 2.04 bits per heavy atom. The summed E-state index contributed by atoms with van der Waals surface area (Å²) >= 11 is 6.00. The Kier molecular flexibility index (Phi) is 4.30. The van der Waals surface area contributed by atoms with Crippen LogP contribution in [0.4, 0.5) is 5.69 Å². The number of halogens is 1. The number of aromatic nitrogens is 3. The van der Waals surface area contributed by atoms with E-state index in [4.69, 9.17) is 11.6 Å². The van der Waals surface area contributed by atoms with Crippen molar-refractivity contribution >= 4 is 34.1 Å². The topological polar surface area (TPSA) is 62.7 Å². The minimum atomic E-state index is -0.255. The number of amides is 1. The summed E-state index contributed by atoms with van der Waals surface area (Å²) in [7, 11) is 1.92. The molecule has 2 N–H and O–H groups in total. The standard InChI is InChI=1S/C21H17ClN4O/c1-3-20(27)24-16-8-14-9-18(13-4-6-15(22)7-5-13)25-21(14)17(10-16)19-11-26(2)12-23-19/h3-12,25H,1H2,2H3,(H,24,27). The average Bonchev–Trinajstić information content (AvgIpc) is 3.27. The van der Waals surface area contributed by atoms with E-state index >= 15 is 0 Å². The lowest BCUT2D eigenvalue weighted by atomic mass is 10.1. The molecular formula is C21H17ClN4O. The zero-order valence-corrected chi connectivity index (χ0v) is 15.4. The fourth-order valence-corrected chi connectivity index (χ4v) is 3.17. The predicted molar refractivity (Wildman–Crippen MR) is 110 cm³/mol. The molecule has 5 nitrogen and oxygen atoms in total. The minimum Gasteiger partial charge on any atom is -0.354 e. The average molecular weight is 377 g/mol. The number of anilines is 1. The van der Waals surface area contributed by atoms with E-state index < -0.39 is 0 Å². The molecule has 0 spiro atoms. The number of carbonyl (C=O) groups excluding carboxylic acids is 1. The number of fused-ring (bicyclic) bond motifs is 1. The van der Waals surface area contributed by atoms with Crippen molar-refractivity contribution in [3.8, 4) is 22.5 Å². The van der Waals surface area contributed by atoms with E-state index in [1.54, 1.807) is 6.33 Å². The maximum absolute atomic E-state index is 11.8. The maximum Gasteiger partial charge on any atom is 0.247 e. The third-order valence-electron chi connectivity index (χ3n) is 4.32. The number of nitrogens with one attached hydrogen (secondary N) is 2. The summed E-state index contributed by atoms with van der Waals surface area (Å²) in [5.41, 5.74) is 5.37. The molecular weight excluding hydrogens is 360 g/mol. The van der Waals surface area contributed by atoms with Crippen LogP contribution in [-0.2, 0) is 11.8 Å². The van der Waals surface area contributed by atoms with Gasteiger partial charge in [0.2, 0.25) is 5.91 Å². The third-order valence-corrected chi connectivity index (χ3v) is 4.57. The van der Waals surface area contributed by atoms with Crippen molar-refractivity contribution in [1.82, 2.24) is 14.5 Å². The second-order valence-corrected chi connectivity index (χ2v) is 6.73. The summed E-state index contributed by atoms with van der Waals surface area (Å²) in [6.45, 7) is 3.51. The number of hydrogen-bond acceptors (Lipinski definition) is 2. The Balaban J connectivity index is 1.90. The van der Waals surface area contributed by atoms with Gasteiger partial charge in [0, 0.05) is 40.6 Å². The Morgan fingerprint density at radius 3 is 2.70 bits per heavy atom. The van der Waals surface area contributed by atoms with Crippen LogP contribution in [0.1, 0.15) is 0 Å². The Morgan fingerprint density at radius 1 is 1.26 bits per heavy atom. The summed E-state index contributed by atoms with van der Waals surface area (Å²) in [5.74, 6) is -0.255. The summed E-state index contributed by atoms with van der Waals surface area (Å²) < 4.78 is 1.89. The predicted octanol–water partition coefficient (Wildman–Crippen LogP) is 5.01. The minimum absolute atomic E-state index is 0.255. The highest BCUT2D eigenvalue weighted by atomic mass is 35.5. The lowest BCUT2D eigenvalue weighted by Gasteiger charge is -2.06. The number of nitrogens with zero attached hydrogens (tertiary/aromatic N) is 2. The van der Waals surface area contributed by atoms with Gasteiger partial charge >= 0.3 is 0 Å². The molecule has 4 aromatic rings. The highest BCUT2D eigenvalue weighted by molar-refractivity contribution is 6.30. The molecule has 1 amide bonds. The van der Waals surface area contributed by atoms with Crippen LogP contribution in [0.15, 0.2) is 67.6 Å². The second-order valence-electron chi connectivity index (χ2n) is 6.30. The van der Waals surface area contributed by atoms with Gasteiger partial charge in [-0.25, -0.2) is 4.98 Å². The van der Waals surface area contributed by atoms with Crippen LogP contribution in [0.2, 0.25) is 5.02 Å². The van der Waals surface area contributed by atoms with Gasteiger partial charge in [-0.05, 0) is 42.0 Å². The van der Waals surface area contributed by atoms with E-state index in [0.717, 1.165) is 33.4 Å². The molecule has 0 aliphatic heterocycles. The van der Waals surface area contributed by atoms with Crippen LogP contribution in [0.3, 0.4) is 0 Å². The van der Waals surface area contributed by atoms with Crippen LogP contribution >= 0.6 is 11.6 Å². The molecule has 134 valence electrons. The van der Waals surface area contributed by atoms with Crippen LogP contribution in [0, 0.1) is 0 Å². The lowest BCUT2D eigenvalue weighted by molar-refractivity contribution is -0.111. The number of H-pyrrole nitrogens is 1. The SMILES string of the molecule is C=CC(=O)Nc1cc(-c2cn(C)cn2)c2[nH]c(-c3ccc(Cl)cc3)cc2c1. The van der Waals surface area contributed by atoms with E-state index in [2.05, 4.69) is 27.9 Å². The van der Waals surface area contributed by atoms with Crippen LogP contribution in [0.5, 0.6) is 0 Å². The molecule has 27 heavy (non-hydrogen) atoms. The van der Waals surface area contributed by atoms with E-state index in [0.29, 0.717) is 10.7 Å². The molecule has 0 aliphatic carbocycles. The first-order valence-electron chi connectivity index (χ1n) is 8.38. The van der Waals surface area contributed by atoms with E-state index in [-0.39, 0.29) is 5.91 Å². The second kappa shape index (κ2) is 6.78. The number of hydrogen-bond donors (Lipinski definition) is 2. The van der Waals surface area contributed by atoms with Gasteiger partial charge < -0.3 is 14.9 Å². The van der Waals surface area contributed by atoms with Gasteiger partial charge in [-0.1, -0.05) is 30.3 Å². The van der Waals surface area contributed by atoms with Gasteiger partial charge in [0.25, 0.3) is 0 Å². The van der Waals surface area contributed by atoms with Crippen molar-refractivity contribution in [2.75, 3.05) is 5.32 Å². The lowest BCUT2D eigenvalue weighted by Crippen LogP contribution is -2.07. The van der Waals surface area contributed by atoms with Crippen molar-refractivity contribution < 1.29 is 4.79 Å². The van der Waals surface area contributed by atoms with E-state index in [1.807, 2.05) is 54.2 Å². The van der Waals surface area contributed by atoms with Crippen LogP contribution in [0.25, 0.3) is 33.4 Å². The molecule has 0 aliphatic rings. The van der Waals surface area contributed by atoms with Gasteiger partial charge in [-0.15, -0.1) is 0 Å². The van der Waals surface area contributed by atoms with Crippen molar-refractivity contribution in [2.24, 2.45) is 7.05 Å². The van der Waals surface area contributed by atoms with E-state index in [9.17, 15) is 4.79 Å². The molecule has 0 fully saturated rings. The molecule has 2 aromatic carbocycles. The molecule has 4 rings (SSSR count). The molecule has 0 bridgehead atoms. The summed E-state index contributed by atoms with van der Waals surface area (Å²) in [6, 6.07) is 13.5. The highest BCUT2D eigenvalue weighted by Gasteiger charge is 2.13. The largest absolute Gasteiger partial charge is 0.354 e. The number of imidazole rings is 1. The van der Waals surface area contributed by atoms with Crippen molar-refractivity contribution in [3.05, 3.63) is 72.7 Å². The molecule has 0 saturated carbocycles. The van der Waals surface area contributed by atoms with Crippen molar-refractivity contribution in [1.29, 1.82) is 0 Å². The van der Waals surface area contributed by atoms with Crippen molar-refractivity contribution in [3.63, 3.8) is 0 Å². The Bertz CT molecular complexity index is 1150. The summed E-state index contributed by atoms with van der Waals surface area (Å²) in [5, 5.41) is 4.50. The maximum atomic E-state index is 11.8. The fraction of sp³-hybridized carbons (Fsp3) is 0.0476.